The largest absolute Gasteiger partial charge is 0.444 e. The maximum atomic E-state index is 12.5. The van der Waals surface area contributed by atoms with Gasteiger partial charge in [-0.25, -0.2) is 4.79 Å². The molecule has 1 amide bonds. The number of carbonyl (C=O) groups is 2. The molecule has 0 saturated carbocycles. The lowest BCUT2D eigenvalue weighted by Crippen LogP contribution is -2.43. The zero-order chi connectivity index (χ0) is 16.6. The van der Waals surface area contributed by atoms with Gasteiger partial charge in [0.05, 0.1) is 0 Å². The Hall–Kier alpha value is -1.84. The minimum atomic E-state index is -0.552. The van der Waals surface area contributed by atoms with Gasteiger partial charge in [0.25, 0.3) is 0 Å². The van der Waals surface area contributed by atoms with Crippen LogP contribution in [0.25, 0.3) is 0 Å². The van der Waals surface area contributed by atoms with Gasteiger partial charge < -0.3 is 14.4 Å². The second kappa shape index (κ2) is 8.57. The van der Waals surface area contributed by atoms with Gasteiger partial charge in [-0.15, -0.1) is 0 Å². The van der Waals surface area contributed by atoms with Gasteiger partial charge in [-0.1, -0.05) is 43.7 Å². The third kappa shape index (κ3) is 6.29. The average Bonchev–Trinajstić information content (AvgIpc) is 2.44. The molecule has 0 aliphatic rings. The second-order valence-corrected chi connectivity index (χ2v) is 6.44. The van der Waals surface area contributed by atoms with E-state index in [0.717, 1.165) is 24.7 Å². The molecule has 0 aliphatic carbocycles. The van der Waals surface area contributed by atoms with E-state index in [9.17, 15) is 9.59 Å². The first kappa shape index (κ1) is 18.2. The summed E-state index contributed by atoms with van der Waals surface area (Å²) in [6.45, 7) is 8.04. The molecule has 1 aromatic rings. The Balaban J connectivity index is 2.96. The molecule has 4 heteroatoms. The van der Waals surface area contributed by atoms with Crippen molar-refractivity contribution < 1.29 is 14.3 Å². The van der Waals surface area contributed by atoms with Crippen LogP contribution in [-0.2, 0) is 16.1 Å². The number of hydrogen-bond acceptors (Lipinski definition) is 3. The minimum absolute atomic E-state index is 0.127. The Morgan fingerprint density at radius 3 is 2.41 bits per heavy atom. The van der Waals surface area contributed by atoms with E-state index in [4.69, 9.17) is 4.74 Å². The molecule has 1 aromatic carbocycles. The van der Waals surface area contributed by atoms with Crippen LogP contribution in [0.15, 0.2) is 30.3 Å². The van der Waals surface area contributed by atoms with Crippen molar-refractivity contribution in [2.75, 3.05) is 0 Å². The molecular weight excluding hydrogens is 278 g/mol. The SMILES string of the molecule is CCC[C@H](CC=O)N(Cc1ccccc1)C(=O)OC(C)(C)C. The maximum Gasteiger partial charge on any atom is 0.410 e. The lowest BCUT2D eigenvalue weighted by Gasteiger charge is -2.33. The van der Waals surface area contributed by atoms with Gasteiger partial charge in [0.15, 0.2) is 0 Å². The van der Waals surface area contributed by atoms with Gasteiger partial charge in [-0.05, 0) is 32.8 Å². The molecule has 0 aromatic heterocycles. The van der Waals surface area contributed by atoms with E-state index in [1.807, 2.05) is 58.0 Å². The number of aldehydes is 1. The first-order chi connectivity index (χ1) is 10.4. The number of ether oxygens (including phenoxy) is 1. The fourth-order valence-corrected chi connectivity index (χ4v) is 2.29. The molecule has 0 saturated heterocycles. The third-order valence-electron chi connectivity index (χ3n) is 3.25. The minimum Gasteiger partial charge on any atom is -0.444 e. The molecule has 1 rings (SSSR count). The number of nitrogens with zero attached hydrogens (tertiary/aromatic N) is 1. The normalized spacial score (nSPS) is 12.5. The van der Waals surface area contributed by atoms with Crippen LogP contribution in [0.2, 0.25) is 0 Å². The first-order valence-corrected chi connectivity index (χ1v) is 7.84. The van der Waals surface area contributed by atoms with Crippen molar-refractivity contribution in [3.05, 3.63) is 35.9 Å². The molecule has 4 nitrogen and oxygen atoms in total. The number of hydrogen-bond donors (Lipinski definition) is 0. The van der Waals surface area contributed by atoms with Crippen molar-refractivity contribution in [2.24, 2.45) is 0 Å². The van der Waals surface area contributed by atoms with Crippen LogP contribution < -0.4 is 0 Å². The predicted molar refractivity (Wildman–Crippen MR) is 87.6 cm³/mol. The molecule has 0 heterocycles. The molecule has 0 bridgehead atoms. The Bertz CT molecular complexity index is 465. The predicted octanol–water partition coefficient (Wildman–Crippen LogP) is 4.18. The topological polar surface area (TPSA) is 46.6 Å². The monoisotopic (exact) mass is 305 g/mol. The summed E-state index contributed by atoms with van der Waals surface area (Å²) in [5.74, 6) is 0. The van der Waals surface area contributed by atoms with Crippen LogP contribution in [0.1, 0.15) is 52.5 Å². The summed E-state index contributed by atoms with van der Waals surface area (Å²) in [4.78, 5) is 25.2. The highest BCUT2D eigenvalue weighted by atomic mass is 16.6. The van der Waals surface area contributed by atoms with E-state index in [0.29, 0.717) is 13.0 Å². The van der Waals surface area contributed by atoms with Crippen LogP contribution in [0.3, 0.4) is 0 Å². The third-order valence-corrected chi connectivity index (χ3v) is 3.25. The smallest absolute Gasteiger partial charge is 0.410 e. The summed E-state index contributed by atoms with van der Waals surface area (Å²) in [7, 11) is 0. The molecule has 22 heavy (non-hydrogen) atoms. The molecule has 0 aliphatic heterocycles. The van der Waals surface area contributed by atoms with E-state index >= 15 is 0 Å². The van der Waals surface area contributed by atoms with Gasteiger partial charge in [0.1, 0.15) is 11.9 Å². The maximum absolute atomic E-state index is 12.5. The molecule has 0 radical (unpaired) electrons. The van der Waals surface area contributed by atoms with E-state index in [-0.39, 0.29) is 12.1 Å². The summed E-state index contributed by atoms with van der Waals surface area (Å²) in [5.41, 5.74) is 0.476. The van der Waals surface area contributed by atoms with Crippen LogP contribution in [0, 0.1) is 0 Å². The lowest BCUT2D eigenvalue weighted by atomic mass is 10.1. The van der Waals surface area contributed by atoms with Crippen LogP contribution in [0.5, 0.6) is 0 Å². The number of carbonyl (C=O) groups excluding carboxylic acids is 2. The first-order valence-electron chi connectivity index (χ1n) is 7.84. The summed E-state index contributed by atoms with van der Waals surface area (Å²) in [6.07, 6.45) is 2.54. The molecule has 1 atom stereocenters. The van der Waals surface area contributed by atoms with Gasteiger partial charge in [-0.3, -0.25) is 0 Å². The molecule has 0 fully saturated rings. The molecular formula is C18H27NO3. The summed E-state index contributed by atoms with van der Waals surface area (Å²) >= 11 is 0. The van der Waals surface area contributed by atoms with Gasteiger partial charge in [-0.2, -0.15) is 0 Å². The van der Waals surface area contributed by atoms with Crippen molar-refractivity contribution in [3.8, 4) is 0 Å². The zero-order valence-electron chi connectivity index (χ0n) is 14.0. The van der Waals surface area contributed by atoms with Crippen LogP contribution >= 0.6 is 0 Å². The second-order valence-electron chi connectivity index (χ2n) is 6.44. The fraction of sp³-hybridized carbons (Fsp3) is 0.556. The molecule has 122 valence electrons. The van der Waals surface area contributed by atoms with Crippen molar-refractivity contribution in [1.29, 1.82) is 0 Å². The van der Waals surface area contributed by atoms with Gasteiger partial charge in [0.2, 0.25) is 0 Å². The molecule has 0 unspecified atom stereocenters. The number of benzene rings is 1. The van der Waals surface area contributed by atoms with E-state index in [1.165, 1.54) is 0 Å². The quantitative estimate of drug-likeness (QED) is 0.710. The van der Waals surface area contributed by atoms with Gasteiger partial charge >= 0.3 is 6.09 Å². The van der Waals surface area contributed by atoms with E-state index < -0.39 is 5.60 Å². The van der Waals surface area contributed by atoms with Crippen molar-refractivity contribution in [1.82, 2.24) is 4.90 Å². The van der Waals surface area contributed by atoms with Gasteiger partial charge in [0, 0.05) is 19.0 Å². The average molecular weight is 305 g/mol. The van der Waals surface area contributed by atoms with Crippen molar-refractivity contribution in [3.63, 3.8) is 0 Å². The van der Waals surface area contributed by atoms with Crippen molar-refractivity contribution >= 4 is 12.4 Å². The van der Waals surface area contributed by atoms with Crippen molar-refractivity contribution in [2.45, 2.75) is 65.1 Å². The highest BCUT2D eigenvalue weighted by Gasteiger charge is 2.27. The molecule has 0 spiro atoms. The summed E-state index contributed by atoms with van der Waals surface area (Å²) in [6, 6.07) is 9.64. The van der Waals surface area contributed by atoms with E-state index in [2.05, 4.69) is 0 Å². The zero-order valence-corrected chi connectivity index (χ0v) is 14.0. The highest BCUT2D eigenvalue weighted by molar-refractivity contribution is 5.69. The lowest BCUT2D eigenvalue weighted by molar-refractivity contribution is -0.109. The van der Waals surface area contributed by atoms with Crippen LogP contribution in [-0.4, -0.2) is 28.9 Å². The van der Waals surface area contributed by atoms with E-state index in [1.54, 1.807) is 4.90 Å². The summed E-state index contributed by atoms with van der Waals surface area (Å²) in [5, 5.41) is 0. The Labute approximate surface area is 133 Å². The standard InChI is InChI=1S/C18H27NO3/c1-5-9-16(12-13-20)19(17(21)22-18(2,3)4)14-15-10-7-6-8-11-15/h6-8,10-11,13,16H,5,9,12,14H2,1-4H3/t16-/m1/s1. The molecule has 0 N–H and O–H groups in total. The Kier molecular flexibility index (Phi) is 7.09. The Morgan fingerprint density at radius 2 is 1.91 bits per heavy atom. The number of rotatable bonds is 7. The number of amides is 1. The Morgan fingerprint density at radius 1 is 1.27 bits per heavy atom. The van der Waals surface area contributed by atoms with Crippen LogP contribution in [0.4, 0.5) is 4.79 Å². The fourth-order valence-electron chi connectivity index (χ4n) is 2.29. The highest BCUT2D eigenvalue weighted by Crippen LogP contribution is 2.19. The summed E-state index contributed by atoms with van der Waals surface area (Å²) < 4.78 is 5.52.